The molecule has 0 unspecified atom stereocenters. The van der Waals surface area contributed by atoms with E-state index >= 15 is 0 Å². The van der Waals surface area contributed by atoms with Crippen molar-refractivity contribution in [2.24, 2.45) is 0 Å². The molecule has 0 aliphatic carbocycles. The van der Waals surface area contributed by atoms with Gasteiger partial charge in [0.05, 0.1) is 5.69 Å². The number of nitrogens with one attached hydrogen (secondary N) is 1. The van der Waals surface area contributed by atoms with Crippen molar-refractivity contribution >= 4 is 69.8 Å². The molecule has 0 bridgehead atoms. The molecule has 8 heteroatoms. The second-order valence-corrected chi connectivity index (χ2v) is 9.22. The molecule has 0 fully saturated rings. The largest absolute Gasteiger partial charge is 0.350 e. The summed E-state index contributed by atoms with van der Waals surface area (Å²) in [5.41, 5.74) is 2.22. The molecule has 0 atom stereocenters. The second kappa shape index (κ2) is 8.97. The third-order valence-electron chi connectivity index (χ3n) is 4.47. The van der Waals surface area contributed by atoms with Crippen LogP contribution in [0.15, 0.2) is 82.2 Å². The standard InChI is InChI=1S/C23H15Cl3N2O2S/c1-13-3-2-4-17(9-13)27-20-21(31-19-7-5-14(24)6-8-19)23(30)28(22(20)29)18-11-15(25)10-16(26)12-18/h2-12,27H,1H3. The third-order valence-corrected chi connectivity index (χ3v) is 6.25. The zero-order valence-corrected chi connectivity index (χ0v) is 19.2. The number of halogens is 3. The number of carbonyl (C=O) groups is 2. The smallest absolute Gasteiger partial charge is 0.283 e. The van der Waals surface area contributed by atoms with Gasteiger partial charge in [-0.3, -0.25) is 9.59 Å². The van der Waals surface area contributed by atoms with Crippen LogP contribution in [0.25, 0.3) is 0 Å². The van der Waals surface area contributed by atoms with Crippen molar-refractivity contribution in [1.29, 1.82) is 0 Å². The molecule has 0 aromatic heterocycles. The highest BCUT2D eigenvalue weighted by molar-refractivity contribution is 8.04. The number of nitrogens with zero attached hydrogens (tertiary/aromatic N) is 1. The first-order chi connectivity index (χ1) is 14.8. The molecule has 1 aliphatic rings. The molecule has 4 rings (SSSR count). The minimum absolute atomic E-state index is 0.187. The summed E-state index contributed by atoms with van der Waals surface area (Å²) in [6, 6.07) is 19.2. The van der Waals surface area contributed by atoms with E-state index in [1.165, 1.54) is 23.9 Å². The van der Waals surface area contributed by atoms with Crippen molar-refractivity contribution < 1.29 is 9.59 Å². The first-order valence-corrected chi connectivity index (χ1v) is 11.1. The van der Waals surface area contributed by atoms with Gasteiger partial charge in [-0.25, -0.2) is 4.90 Å². The molecule has 1 heterocycles. The first kappa shape index (κ1) is 21.8. The number of amides is 2. The van der Waals surface area contributed by atoms with E-state index in [4.69, 9.17) is 34.8 Å². The molecule has 0 saturated carbocycles. The van der Waals surface area contributed by atoms with Gasteiger partial charge in [0.2, 0.25) is 0 Å². The number of thioether (sulfide) groups is 1. The summed E-state index contributed by atoms with van der Waals surface area (Å²) >= 11 is 19.4. The van der Waals surface area contributed by atoms with Crippen molar-refractivity contribution in [3.05, 3.63) is 98.0 Å². The number of carbonyl (C=O) groups excluding carboxylic acids is 2. The maximum absolute atomic E-state index is 13.4. The van der Waals surface area contributed by atoms with E-state index in [1.807, 2.05) is 31.2 Å². The molecule has 156 valence electrons. The summed E-state index contributed by atoms with van der Waals surface area (Å²) in [7, 11) is 0. The maximum Gasteiger partial charge on any atom is 0.283 e. The molecule has 0 radical (unpaired) electrons. The van der Waals surface area contributed by atoms with Gasteiger partial charge in [-0.05, 0) is 67.1 Å². The average Bonchev–Trinajstić information content (AvgIpc) is 2.93. The average molecular weight is 490 g/mol. The van der Waals surface area contributed by atoms with Crippen LogP contribution in [0.1, 0.15) is 5.56 Å². The van der Waals surface area contributed by atoms with Crippen molar-refractivity contribution in [3.63, 3.8) is 0 Å². The number of aryl methyl sites for hydroxylation is 1. The lowest BCUT2D eigenvalue weighted by atomic mass is 10.2. The van der Waals surface area contributed by atoms with Gasteiger partial charge >= 0.3 is 0 Å². The first-order valence-electron chi connectivity index (χ1n) is 9.18. The van der Waals surface area contributed by atoms with Crippen molar-refractivity contribution in [1.82, 2.24) is 0 Å². The third kappa shape index (κ3) is 4.75. The Morgan fingerprint density at radius 3 is 2.13 bits per heavy atom. The Bertz CT molecular complexity index is 1210. The summed E-state index contributed by atoms with van der Waals surface area (Å²) in [5, 5.41) is 4.37. The van der Waals surface area contributed by atoms with Gasteiger partial charge < -0.3 is 5.32 Å². The van der Waals surface area contributed by atoms with Crippen molar-refractivity contribution in [2.45, 2.75) is 11.8 Å². The SMILES string of the molecule is Cc1cccc(NC2=C(Sc3ccc(Cl)cc3)C(=O)N(c3cc(Cl)cc(Cl)c3)C2=O)c1. The van der Waals surface area contributed by atoms with Crippen LogP contribution in [0, 0.1) is 6.92 Å². The highest BCUT2D eigenvalue weighted by Crippen LogP contribution is 2.39. The normalized spacial score (nSPS) is 13.9. The van der Waals surface area contributed by atoms with E-state index < -0.39 is 11.8 Å². The van der Waals surface area contributed by atoms with Crippen LogP contribution >= 0.6 is 46.6 Å². The van der Waals surface area contributed by atoms with Gasteiger partial charge in [0.25, 0.3) is 11.8 Å². The van der Waals surface area contributed by atoms with Crippen molar-refractivity contribution in [3.8, 4) is 0 Å². The summed E-state index contributed by atoms with van der Waals surface area (Å²) in [4.78, 5) is 28.8. The molecular formula is C23H15Cl3N2O2S. The quantitative estimate of drug-likeness (QED) is 0.394. The van der Waals surface area contributed by atoms with E-state index in [0.29, 0.717) is 26.4 Å². The van der Waals surface area contributed by atoms with Gasteiger partial charge in [0.15, 0.2) is 0 Å². The minimum Gasteiger partial charge on any atom is -0.350 e. The molecular weight excluding hydrogens is 475 g/mol. The predicted molar refractivity (Wildman–Crippen MR) is 128 cm³/mol. The van der Waals surface area contributed by atoms with E-state index in [0.717, 1.165) is 15.4 Å². The fraction of sp³-hybridized carbons (Fsp3) is 0.0435. The summed E-state index contributed by atoms with van der Waals surface area (Å²) in [6.45, 7) is 1.95. The molecule has 1 N–H and O–H groups in total. The molecule has 1 aliphatic heterocycles. The lowest BCUT2D eigenvalue weighted by Gasteiger charge is -2.16. The number of imide groups is 1. The lowest BCUT2D eigenvalue weighted by Crippen LogP contribution is -2.32. The number of benzene rings is 3. The van der Waals surface area contributed by atoms with Gasteiger partial charge in [0.1, 0.15) is 10.6 Å². The number of hydrogen-bond donors (Lipinski definition) is 1. The Morgan fingerprint density at radius 1 is 0.806 bits per heavy atom. The monoisotopic (exact) mass is 488 g/mol. The van der Waals surface area contributed by atoms with Crippen LogP contribution in [0.4, 0.5) is 11.4 Å². The molecule has 2 amide bonds. The zero-order valence-electron chi connectivity index (χ0n) is 16.2. The number of hydrogen-bond acceptors (Lipinski definition) is 4. The Kier molecular flexibility index (Phi) is 6.30. The molecule has 3 aromatic rings. The minimum atomic E-state index is -0.485. The Hall–Kier alpha value is -2.44. The molecule has 0 spiro atoms. The Balaban J connectivity index is 1.77. The molecule has 31 heavy (non-hydrogen) atoms. The highest BCUT2D eigenvalue weighted by Gasteiger charge is 2.40. The fourth-order valence-electron chi connectivity index (χ4n) is 3.11. The van der Waals surface area contributed by atoms with Crippen LogP contribution in [-0.2, 0) is 9.59 Å². The van der Waals surface area contributed by atoms with Crippen LogP contribution in [-0.4, -0.2) is 11.8 Å². The van der Waals surface area contributed by atoms with Gasteiger partial charge in [0, 0.05) is 25.7 Å². The second-order valence-electron chi connectivity index (χ2n) is 6.83. The van der Waals surface area contributed by atoms with Crippen molar-refractivity contribution in [2.75, 3.05) is 10.2 Å². The predicted octanol–water partition coefficient (Wildman–Crippen LogP) is 6.94. The number of anilines is 2. The van der Waals surface area contributed by atoms with E-state index in [9.17, 15) is 9.59 Å². The highest BCUT2D eigenvalue weighted by atomic mass is 35.5. The Morgan fingerprint density at radius 2 is 1.48 bits per heavy atom. The van der Waals surface area contributed by atoms with Crippen LogP contribution in [0.2, 0.25) is 15.1 Å². The van der Waals surface area contributed by atoms with Crippen LogP contribution in [0.3, 0.4) is 0 Å². The molecule has 3 aromatic carbocycles. The van der Waals surface area contributed by atoms with Crippen LogP contribution in [0.5, 0.6) is 0 Å². The number of rotatable bonds is 5. The van der Waals surface area contributed by atoms with Crippen LogP contribution < -0.4 is 10.2 Å². The zero-order chi connectivity index (χ0) is 22.1. The van der Waals surface area contributed by atoms with E-state index in [1.54, 1.807) is 30.3 Å². The molecule has 0 saturated heterocycles. The summed E-state index contributed by atoms with van der Waals surface area (Å²) in [5.74, 6) is -0.945. The van der Waals surface area contributed by atoms with Gasteiger partial charge in [-0.15, -0.1) is 0 Å². The van der Waals surface area contributed by atoms with Gasteiger partial charge in [-0.1, -0.05) is 58.7 Å². The van der Waals surface area contributed by atoms with E-state index in [2.05, 4.69) is 5.32 Å². The lowest BCUT2D eigenvalue weighted by molar-refractivity contribution is -0.120. The Labute approximate surface area is 198 Å². The topological polar surface area (TPSA) is 49.4 Å². The maximum atomic E-state index is 13.4. The summed E-state index contributed by atoms with van der Waals surface area (Å²) in [6.07, 6.45) is 0. The van der Waals surface area contributed by atoms with E-state index in [-0.39, 0.29) is 10.6 Å². The molecule has 4 nitrogen and oxygen atoms in total. The summed E-state index contributed by atoms with van der Waals surface area (Å²) < 4.78 is 0. The fourth-order valence-corrected chi connectivity index (χ4v) is 4.67. The van der Waals surface area contributed by atoms with Gasteiger partial charge in [-0.2, -0.15) is 0 Å².